The molecule has 3 N–H and O–H groups in total. The van der Waals surface area contributed by atoms with Crippen LogP contribution < -0.4 is 25.6 Å². The van der Waals surface area contributed by atoms with Crippen molar-refractivity contribution in [2.75, 3.05) is 38.7 Å². The minimum Gasteiger partial charge on any atom is -0.493 e. The van der Waals surface area contributed by atoms with E-state index in [1.54, 1.807) is 16.8 Å². The Kier molecular flexibility index (Phi) is 9.70. The largest absolute Gasteiger partial charge is 0.493 e. The van der Waals surface area contributed by atoms with Gasteiger partial charge in [0.1, 0.15) is 12.3 Å². The Morgan fingerprint density at radius 3 is 2.50 bits per heavy atom. The number of rotatable bonds is 9. The van der Waals surface area contributed by atoms with E-state index in [2.05, 4.69) is 20.9 Å². The molecule has 4 amide bonds. The molecule has 0 fully saturated rings. The Morgan fingerprint density at radius 2 is 1.82 bits per heavy atom. The predicted molar refractivity (Wildman–Crippen MR) is 149 cm³/mol. The quantitative estimate of drug-likeness (QED) is 0.437. The molecule has 2 aromatic rings. The van der Waals surface area contributed by atoms with Gasteiger partial charge in [-0.25, -0.2) is 9.79 Å². The molecule has 2 aromatic carbocycles. The molecular weight excluding hydrogens is 484 g/mol. The minimum absolute atomic E-state index is 0.0110. The summed E-state index contributed by atoms with van der Waals surface area (Å²) in [4.78, 5) is 45.2. The first-order valence-electron chi connectivity index (χ1n) is 12.7. The molecule has 1 aliphatic rings. The highest BCUT2D eigenvalue weighted by atomic mass is 16.5. The van der Waals surface area contributed by atoms with Gasteiger partial charge in [-0.15, -0.1) is 0 Å². The fourth-order valence-electron chi connectivity index (χ4n) is 3.77. The summed E-state index contributed by atoms with van der Waals surface area (Å²) in [5, 5.41) is 8.16. The number of para-hydroxylation sites is 1. The van der Waals surface area contributed by atoms with E-state index in [-0.39, 0.29) is 29.7 Å². The first-order chi connectivity index (χ1) is 18.1. The molecule has 204 valence electrons. The van der Waals surface area contributed by atoms with Crippen LogP contribution in [0.5, 0.6) is 5.75 Å². The van der Waals surface area contributed by atoms with Gasteiger partial charge in [-0.3, -0.25) is 14.9 Å². The van der Waals surface area contributed by atoms with Gasteiger partial charge in [0.05, 0.1) is 18.8 Å². The Balaban J connectivity index is 1.66. The first-order valence-corrected chi connectivity index (χ1v) is 12.7. The molecule has 0 unspecified atom stereocenters. The van der Waals surface area contributed by atoms with Gasteiger partial charge in [0.25, 0.3) is 0 Å². The topological polar surface area (TPSA) is 115 Å². The maximum absolute atomic E-state index is 12.7. The normalized spacial score (nSPS) is 12.7. The molecule has 0 saturated heterocycles. The molecular formula is C28H38N6O4. The molecule has 0 spiro atoms. The van der Waals surface area contributed by atoms with Crippen LogP contribution in [-0.2, 0) is 16.1 Å². The Hall–Kier alpha value is -4.08. The third kappa shape index (κ3) is 8.22. The number of ether oxygens (including phenoxy) is 1. The second-order valence-corrected chi connectivity index (χ2v) is 10.3. The molecule has 0 bridgehead atoms. The summed E-state index contributed by atoms with van der Waals surface area (Å²) in [6.45, 7) is 7.35. The highest BCUT2D eigenvalue weighted by Crippen LogP contribution is 2.33. The van der Waals surface area contributed by atoms with E-state index in [4.69, 9.17) is 4.74 Å². The number of carbonyl (C=O) groups excluding carboxylic acids is 3. The molecule has 10 heteroatoms. The van der Waals surface area contributed by atoms with Gasteiger partial charge in [-0.2, -0.15) is 0 Å². The number of benzene rings is 2. The number of hydrogen-bond acceptors (Lipinski definition) is 6. The second-order valence-electron chi connectivity index (χ2n) is 10.3. The number of hydrogen-bond donors (Lipinski definition) is 3. The van der Waals surface area contributed by atoms with E-state index in [0.29, 0.717) is 44.0 Å². The molecule has 0 radical (unpaired) electrons. The molecule has 38 heavy (non-hydrogen) atoms. The highest BCUT2D eigenvalue weighted by Gasteiger charge is 2.26. The standard InChI is InChI=1S/C28H38N6O4/c1-28(2,3)19-30-24(35)18-34-17-21-22(31-26(34)32-27(37)29-4)13-9-14-23(21)38-16-10-15-25(36)33(5)20-11-7-6-8-12-20/h6-9,11-14H,10,15-19H2,1-5H3,(H,30,35)(H2,29,31,32,37). The fraction of sp³-hybridized carbons (Fsp3) is 0.429. The summed E-state index contributed by atoms with van der Waals surface area (Å²) in [5.74, 6) is 0.759. The predicted octanol–water partition coefficient (Wildman–Crippen LogP) is 3.40. The van der Waals surface area contributed by atoms with Crippen molar-refractivity contribution >= 4 is 35.2 Å². The summed E-state index contributed by atoms with van der Waals surface area (Å²) in [5.41, 5.74) is 2.26. The van der Waals surface area contributed by atoms with Gasteiger partial charge in [0, 0.05) is 38.3 Å². The zero-order valence-corrected chi connectivity index (χ0v) is 22.8. The Bertz CT molecular complexity index is 1160. The van der Waals surface area contributed by atoms with Crippen LogP contribution >= 0.6 is 0 Å². The molecule has 0 aromatic heterocycles. The van der Waals surface area contributed by atoms with Crippen LogP contribution in [0.2, 0.25) is 0 Å². The SMILES string of the molecule is CNC(=O)NC1=Nc2cccc(OCCCC(=O)N(C)c3ccccc3)c2CN1CC(=O)NCC(C)(C)C. The number of nitrogens with one attached hydrogen (secondary N) is 3. The number of guanidine groups is 1. The van der Waals surface area contributed by atoms with E-state index in [1.807, 2.05) is 69.3 Å². The van der Waals surface area contributed by atoms with E-state index in [1.165, 1.54) is 7.05 Å². The van der Waals surface area contributed by atoms with Crippen molar-refractivity contribution < 1.29 is 19.1 Å². The smallest absolute Gasteiger partial charge is 0.321 e. The molecule has 0 aliphatic carbocycles. The molecule has 0 saturated carbocycles. The average molecular weight is 523 g/mol. The highest BCUT2D eigenvalue weighted by molar-refractivity contribution is 5.99. The fourth-order valence-corrected chi connectivity index (χ4v) is 3.77. The molecule has 3 rings (SSSR count). The van der Waals surface area contributed by atoms with Crippen LogP contribution in [0.1, 0.15) is 39.2 Å². The zero-order chi connectivity index (χ0) is 27.7. The van der Waals surface area contributed by atoms with Crippen molar-refractivity contribution in [3.63, 3.8) is 0 Å². The van der Waals surface area contributed by atoms with Crippen LogP contribution in [0.25, 0.3) is 0 Å². The number of aliphatic imine (C=N–C) groups is 1. The van der Waals surface area contributed by atoms with Crippen LogP contribution in [0.3, 0.4) is 0 Å². The maximum Gasteiger partial charge on any atom is 0.321 e. The third-order valence-corrected chi connectivity index (χ3v) is 5.90. The maximum atomic E-state index is 12.7. The lowest BCUT2D eigenvalue weighted by molar-refractivity contribution is -0.122. The average Bonchev–Trinajstić information content (AvgIpc) is 2.89. The lowest BCUT2D eigenvalue weighted by Crippen LogP contribution is -2.51. The summed E-state index contributed by atoms with van der Waals surface area (Å²) in [7, 11) is 3.28. The van der Waals surface area contributed by atoms with E-state index in [9.17, 15) is 14.4 Å². The van der Waals surface area contributed by atoms with Crippen molar-refractivity contribution in [3.05, 3.63) is 54.1 Å². The van der Waals surface area contributed by atoms with Crippen molar-refractivity contribution in [2.45, 2.75) is 40.2 Å². The number of anilines is 1. The van der Waals surface area contributed by atoms with Crippen molar-refractivity contribution in [1.82, 2.24) is 20.9 Å². The second kappa shape index (κ2) is 12.9. The van der Waals surface area contributed by atoms with Gasteiger partial charge in [0.15, 0.2) is 0 Å². The lowest BCUT2D eigenvalue weighted by atomic mass is 9.97. The number of amides is 4. The van der Waals surface area contributed by atoms with Gasteiger partial charge >= 0.3 is 6.03 Å². The van der Waals surface area contributed by atoms with E-state index < -0.39 is 6.03 Å². The van der Waals surface area contributed by atoms with Crippen molar-refractivity contribution in [1.29, 1.82) is 0 Å². The van der Waals surface area contributed by atoms with Crippen LogP contribution in [0.4, 0.5) is 16.2 Å². The third-order valence-electron chi connectivity index (χ3n) is 5.90. The van der Waals surface area contributed by atoms with E-state index >= 15 is 0 Å². The zero-order valence-electron chi connectivity index (χ0n) is 22.8. The minimum atomic E-state index is -0.426. The van der Waals surface area contributed by atoms with Crippen molar-refractivity contribution in [3.8, 4) is 5.75 Å². The summed E-state index contributed by atoms with van der Waals surface area (Å²) < 4.78 is 6.06. The molecule has 1 heterocycles. The van der Waals surface area contributed by atoms with Crippen molar-refractivity contribution in [2.24, 2.45) is 10.4 Å². The summed E-state index contributed by atoms with van der Waals surface area (Å²) in [6.07, 6.45) is 0.893. The number of urea groups is 1. The Labute approximate surface area is 224 Å². The lowest BCUT2D eigenvalue weighted by Gasteiger charge is -2.31. The number of carbonyl (C=O) groups is 3. The Morgan fingerprint density at radius 1 is 1.08 bits per heavy atom. The van der Waals surface area contributed by atoms with Crippen LogP contribution in [0.15, 0.2) is 53.5 Å². The van der Waals surface area contributed by atoms with E-state index in [0.717, 1.165) is 11.3 Å². The van der Waals surface area contributed by atoms with Gasteiger partial charge < -0.3 is 25.2 Å². The number of nitrogens with zero attached hydrogens (tertiary/aromatic N) is 3. The number of fused-ring (bicyclic) bond motifs is 1. The summed E-state index contributed by atoms with van der Waals surface area (Å²) >= 11 is 0. The summed E-state index contributed by atoms with van der Waals surface area (Å²) in [6, 6.07) is 14.6. The monoisotopic (exact) mass is 522 g/mol. The first kappa shape index (κ1) is 28.5. The van der Waals surface area contributed by atoms with Gasteiger partial charge in [-0.1, -0.05) is 45.0 Å². The van der Waals surface area contributed by atoms with Crippen LogP contribution in [-0.4, -0.2) is 62.5 Å². The molecule has 1 aliphatic heterocycles. The molecule has 10 nitrogen and oxygen atoms in total. The van der Waals surface area contributed by atoms with Gasteiger partial charge in [-0.05, 0) is 36.1 Å². The van der Waals surface area contributed by atoms with Crippen LogP contribution in [0, 0.1) is 5.41 Å². The van der Waals surface area contributed by atoms with Gasteiger partial charge in [0.2, 0.25) is 17.8 Å². The molecule has 0 atom stereocenters.